The van der Waals surface area contributed by atoms with E-state index in [1.165, 1.54) is 11.1 Å². The zero-order valence-electron chi connectivity index (χ0n) is 21.2. The molecule has 0 radical (unpaired) electrons. The number of aryl methyl sites for hydroxylation is 1. The van der Waals surface area contributed by atoms with Crippen LogP contribution < -0.4 is 4.74 Å². The number of fused-ring (bicyclic) bond motifs is 1. The molecule has 3 aliphatic carbocycles. The van der Waals surface area contributed by atoms with Gasteiger partial charge in [-0.15, -0.1) is 0 Å². The second-order valence-electron chi connectivity index (χ2n) is 10.8. The lowest BCUT2D eigenvalue weighted by Gasteiger charge is -2.59. The summed E-state index contributed by atoms with van der Waals surface area (Å²) in [5.41, 5.74) is 4.06. The first-order valence-electron chi connectivity index (χ1n) is 12.9. The van der Waals surface area contributed by atoms with E-state index in [9.17, 15) is 14.7 Å². The molecule has 1 amide bonds. The monoisotopic (exact) mass is 493 g/mol. The van der Waals surface area contributed by atoms with Gasteiger partial charge in [-0.05, 0) is 42.5 Å². The molecule has 0 spiro atoms. The predicted octanol–water partition coefficient (Wildman–Crippen LogP) is 5.42. The SMILES string of the molecule is C=C(C(=O)N1C[C@H]2[C@]3(c4ccc(C)cc4)CC[C@H](c4ccccc43)[C@@]2(C(=O)O)C1)c1ccccc1OC. The van der Waals surface area contributed by atoms with Gasteiger partial charge in [-0.2, -0.15) is 0 Å². The normalized spacial score (nSPS) is 27.4. The highest BCUT2D eigenvalue weighted by molar-refractivity contribution is 6.19. The fourth-order valence-electron chi connectivity index (χ4n) is 7.66. The number of ether oxygens (including phenoxy) is 1. The van der Waals surface area contributed by atoms with Gasteiger partial charge in [0, 0.05) is 41.5 Å². The number of hydrogen-bond donors (Lipinski definition) is 1. The molecule has 7 rings (SSSR count). The molecule has 1 N–H and O–H groups in total. The molecule has 0 aromatic heterocycles. The Bertz CT molecular complexity index is 1430. The van der Waals surface area contributed by atoms with E-state index >= 15 is 0 Å². The lowest BCUT2D eigenvalue weighted by atomic mass is 9.42. The molecule has 3 aromatic carbocycles. The highest BCUT2D eigenvalue weighted by Crippen LogP contribution is 2.69. The summed E-state index contributed by atoms with van der Waals surface area (Å²) in [6, 6.07) is 24.2. The largest absolute Gasteiger partial charge is 0.496 e. The number of carbonyl (C=O) groups excluding carboxylic acids is 1. The molecule has 188 valence electrons. The van der Waals surface area contributed by atoms with E-state index in [4.69, 9.17) is 4.74 Å². The van der Waals surface area contributed by atoms with E-state index in [0.717, 1.165) is 24.0 Å². The Hall–Kier alpha value is -3.86. The van der Waals surface area contributed by atoms with Crippen molar-refractivity contribution in [2.45, 2.75) is 31.1 Å². The summed E-state index contributed by atoms with van der Waals surface area (Å²) < 4.78 is 5.48. The lowest BCUT2D eigenvalue weighted by molar-refractivity contribution is -0.157. The average molecular weight is 494 g/mol. The van der Waals surface area contributed by atoms with Crippen LogP contribution in [-0.4, -0.2) is 42.1 Å². The van der Waals surface area contributed by atoms with E-state index in [0.29, 0.717) is 23.4 Å². The van der Waals surface area contributed by atoms with Crippen LogP contribution in [0, 0.1) is 18.3 Å². The maximum absolute atomic E-state index is 13.9. The number of methoxy groups -OCH3 is 1. The van der Waals surface area contributed by atoms with Crippen molar-refractivity contribution in [1.29, 1.82) is 0 Å². The van der Waals surface area contributed by atoms with E-state index < -0.39 is 16.8 Å². The minimum atomic E-state index is -1.06. The number of likely N-dealkylation sites (tertiary alicyclic amines) is 1. The highest BCUT2D eigenvalue weighted by Gasteiger charge is 2.70. The summed E-state index contributed by atoms with van der Waals surface area (Å²) in [5, 5.41) is 10.9. The third kappa shape index (κ3) is 3.09. The van der Waals surface area contributed by atoms with Crippen LogP contribution in [0.15, 0.2) is 79.4 Å². The van der Waals surface area contributed by atoms with Crippen LogP contribution in [0.3, 0.4) is 0 Å². The minimum absolute atomic E-state index is 0.143. The van der Waals surface area contributed by atoms with Gasteiger partial charge in [0.1, 0.15) is 5.75 Å². The van der Waals surface area contributed by atoms with E-state index in [2.05, 4.69) is 56.0 Å². The van der Waals surface area contributed by atoms with Crippen molar-refractivity contribution in [1.82, 2.24) is 4.90 Å². The molecule has 5 nitrogen and oxygen atoms in total. The number of aliphatic carboxylic acids is 1. The van der Waals surface area contributed by atoms with Gasteiger partial charge >= 0.3 is 5.97 Å². The third-order valence-corrected chi connectivity index (χ3v) is 9.28. The number of carbonyl (C=O) groups is 2. The van der Waals surface area contributed by atoms with Gasteiger partial charge in [0.2, 0.25) is 0 Å². The van der Waals surface area contributed by atoms with Crippen LogP contribution in [-0.2, 0) is 15.0 Å². The van der Waals surface area contributed by atoms with Gasteiger partial charge in [0.25, 0.3) is 5.91 Å². The Morgan fingerprint density at radius 3 is 2.46 bits per heavy atom. The number of para-hydroxylation sites is 1. The Morgan fingerprint density at radius 1 is 1.03 bits per heavy atom. The van der Waals surface area contributed by atoms with Crippen LogP contribution in [0.1, 0.15) is 46.6 Å². The average Bonchev–Trinajstić information content (AvgIpc) is 3.37. The summed E-state index contributed by atoms with van der Waals surface area (Å²) >= 11 is 0. The van der Waals surface area contributed by atoms with Crippen molar-refractivity contribution in [3.05, 3.63) is 107 Å². The second kappa shape index (κ2) is 8.34. The topological polar surface area (TPSA) is 66.8 Å². The molecule has 2 bridgehead atoms. The van der Waals surface area contributed by atoms with Crippen molar-refractivity contribution in [2.75, 3.05) is 20.2 Å². The van der Waals surface area contributed by atoms with E-state index in [1.54, 1.807) is 18.1 Å². The van der Waals surface area contributed by atoms with Gasteiger partial charge < -0.3 is 14.7 Å². The molecule has 1 saturated carbocycles. The van der Waals surface area contributed by atoms with Crippen molar-refractivity contribution in [3.8, 4) is 5.75 Å². The molecule has 37 heavy (non-hydrogen) atoms. The molecule has 3 aromatic rings. The fraction of sp³-hybridized carbons (Fsp3) is 0.312. The highest BCUT2D eigenvalue weighted by atomic mass is 16.5. The molecular formula is C32H31NO4. The summed E-state index contributed by atoms with van der Waals surface area (Å²) in [4.78, 5) is 28.9. The predicted molar refractivity (Wildman–Crippen MR) is 143 cm³/mol. The summed E-state index contributed by atoms with van der Waals surface area (Å²) in [6.07, 6.45) is 1.65. The zero-order chi connectivity index (χ0) is 25.9. The van der Waals surface area contributed by atoms with Crippen molar-refractivity contribution >= 4 is 17.4 Å². The first kappa shape index (κ1) is 23.5. The maximum atomic E-state index is 13.9. The smallest absolute Gasteiger partial charge is 0.312 e. The molecule has 4 aliphatic rings. The number of amides is 1. The molecule has 1 heterocycles. The maximum Gasteiger partial charge on any atom is 0.312 e. The first-order chi connectivity index (χ1) is 17.8. The van der Waals surface area contributed by atoms with E-state index in [1.807, 2.05) is 24.3 Å². The molecule has 1 saturated heterocycles. The van der Waals surface area contributed by atoms with Crippen molar-refractivity contribution in [2.24, 2.45) is 11.3 Å². The van der Waals surface area contributed by atoms with Crippen molar-refractivity contribution < 1.29 is 19.4 Å². The fourth-order valence-corrected chi connectivity index (χ4v) is 7.66. The number of carboxylic acid groups (broad SMARTS) is 1. The minimum Gasteiger partial charge on any atom is -0.496 e. The van der Waals surface area contributed by atoms with Gasteiger partial charge in [-0.3, -0.25) is 9.59 Å². The van der Waals surface area contributed by atoms with Crippen LogP contribution >= 0.6 is 0 Å². The van der Waals surface area contributed by atoms with Crippen LogP contribution in [0.4, 0.5) is 0 Å². The molecule has 0 unspecified atom stereocenters. The number of benzene rings is 3. The van der Waals surface area contributed by atoms with Gasteiger partial charge in [0.15, 0.2) is 0 Å². The van der Waals surface area contributed by atoms with Gasteiger partial charge in [0.05, 0.1) is 12.5 Å². The Morgan fingerprint density at radius 2 is 1.73 bits per heavy atom. The van der Waals surface area contributed by atoms with Crippen LogP contribution in [0.25, 0.3) is 5.57 Å². The molecular weight excluding hydrogens is 462 g/mol. The Labute approximate surface area is 217 Å². The summed E-state index contributed by atoms with van der Waals surface area (Å²) in [6.45, 7) is 6.73. The standard InChI is InChI=1S/C32H31NO4/c1-20-12-14-22(15-13-20)31-17-16-26(24-9-4-6-10-25(24)31)32(30(35)36)19-33(18-28(31)32)29(34)21(2)23-8-5-7-11-27(23)37-3/h4-15,26,28H,2,16-19H2,1,3H3,(H,35,36)/t26-,28+,31+,32+/m1/s1. The second-order valence-corrected chi connectivity index (χ2v) is 10.8. The molecule has 4 atom stereocenters. The Kier molecular flexibility index (Phi) is 5.30. The number of hydrogen-bond acceptors (Lipinski definition) is 3. The molecule has 5 heteroatoms. The Balaban J connectivity index is 1.49. The van der Waals surface area contributed by atoms with E-state index in [-0.39, 0.29) is 24.3 Å². The van der Waals surface area contributed by atoms with Crippen LogP contribution in [0.2, 0.25) is 0 Å². The van der Waals surface area contributed by atoms with Crippen molar-refractivity contribution in [3.63, 3.8) is 0 Å². The third-order valence-electron chi connectivity index (χ3n) is 9.28. The number of carboxylic acids is 1. The summed E-state index contributed by atoms with van der Waals surface area (Å²) in [5.74, 6) is -0.860. The molecule has 1 aliphatic heterocycles. The molecule has 2 fully saturated rings. The first-order valence-corrected chi connectivity index (χ1v) is 12.9. The number of rotatable bonds is 5. The van der Waals surface area contributed by atoms with Gasteiger partial charge in [-0.25, -0.2) is 0 Å². The van der Waals surface area contributed by atoms with Gasteiger partial charge in [-0.1, -0.05) is 78.9 Å². The quantitative estimate of drug-likeness (QED) is 0.482. The summed E-state index contributed by atoms with van der Waals surface area (Å²) in [7, 11) is 1.57. The van der Waals surface area contributed by atoms with Crippen LogP contribution in [0.5, 0.6) is 5.75 Å². The zero-order valence-corrected chi connectivity index (χ0v) is 21.2. The number of nitrogens with zero attached hydrogens (tertiary/aromatic N) is 1. The lowest BCUT2D eigenvalue weighted by Crippen LogP contribution is -2.60.